The fraction of sp³-hybridized carbons (Fsp3) is 0.412. The van der Waals surface area contributed by atoms with Crippen LogP contribution in [0.2, 0.25) is 0 Å². The van der Waals surface area contributed by atoms with Crippen LogP contribution in [0.4, 0.5) is 22.0 Å². The van der Waals surface area contributed by atoms with Crippen molar-refractivity contribution in [2.45, 2.75) is 33.4 Å². The minimum Gasteiger partial charge on any atom is -0.506 e. The number of ether oxygens (including phenoxy) is 1. The number of hydrogen-bond donors (Lipinski definition) is 1. The maximum atomic E-state index is 13.3. The smallest absolute Gasteiger partial charge is 0.417 e. The number of benzene rings is 1. The fourth-order valence-corrected chi connectivity index (χ4v) is 1.93. The quantitative estimate of drug-likeness (QED) is 0.348. The molecule has 142 valence electrons. The van der Waals surface area contributed by atoms with E-state index in [-0.39, 0.29) is 0 Å². The molecule has 0 aromatic heterocycles. The van der Waals surface area contributed by atoms with Gasteiger partial charge in [0.25, 0.3) is 6.43 Å². The Labute approximate surface area is 146 Å². The average Bonchev–Trinajstić information content (AvgIpc) is 2.51. The number of ketones is 1. The fourth-order valence-electron chi connectivity index (χ4n) is 1.93. The van der Waals surface area contributed by atoms with Crippen LogP contribution in [0.25, 0.3) is 5.76 Å². The van der Waals surface area contributed by atoms with Crippen molar-refractivity contribution in [2.75, 3.05) is 6.61 Å². The van der Waals surface area contributed by atoms with Crippen LogP contribution in [-0.2, 0) is 11.0 Å². The molecule has 0 bridgehead atoms. The maximum absolute atomic E-state index is 13.3. The van der Waals surface area contributed by atoms with E-state index in [1.165, 1.54) is 26.8 Å². The van der Waals surface area contributed by atoms with E-state index in [4.69, 9.17) is 5.26 Å². The molecular formula is C17H16F5NO3. The summed E-state index contributed by atoms with van der Waals surface area (Å²) in [4.78, 5) is 12.2. The summed E-state index contributed by atoms with van der Waals surface area (Å²) < 4.78 is 68.7. The SMILES string of the molecule is CC(C)(C)C(=O)C(C#N)=C(O)c1ccc(OCC(F)F)cc1C(F)(F)F. The van der Waals surface area contributed by atoms with Gasteiger partial charge in [-0.25, -0.2) is 8.78 Å². The third kappa shape index (κ3) is 5.18. The van der Waals surface area contributed by atoms with Gasteiger partial charge in [0.1, 0.15) is 29.8 Å². The summed E-state index contributed by atoms with van der Waals surface area (Å²) in [6.07, 6.45) is -7.87. The van der Waals surface area contributed by atoms with Crippen LogP contribution in [0.3, 0.4) is 0 Å². The molecule has 0 unspecified atom stereocenters. The number of alkyl halides is 5. The van der Waals surface area contributed by atoms with Gasteiger partial charge in [-0.1, -0.05) is 20.8 Å². The van der Waals surface area contributed by atoms with Crippen LogP contribution in [0, 0.1) is 16.7 Å². The van der Waals surface area contributed by atoms with Crippen LogP contribution in [0.1, 0.15) is 31.9 Å². The molecule has 0 saturated carbocycles. The number of aliphatic hydroxyl groups excluding tert-OH is 1. The number of rotatable bonds is 5. The van der Waals surface area contributed by atoms with Crippen LogP contribution in [-0.4, -0.2) is 23.9 Å². The van der Waals surface area contributed by atoms with Crippen LogP contribution in [0.15, 0.2) is 23.8 Å². The van der Waals surface area contributed by atoms with E-state index < -0.39 is 58.6 Å². The second kappa shape index (κ2) is 7.72. The molecule has 1 N–H and O–H groups in total. The van der Waals surface area contributed by atoms with Gasteiger partial charge in [0.15, 0.2) is 5.78 Å². The Hall–Kier alpha value is -2.63. The first-order chi connectivity index (χ1) is 11.8. The first-order valence-electron chi connectivity index (χ1n) is 7.29. The minimum absolute atomic E-state index is 0.421. The number of halogens is 5. The lowest BCUT2D eigenvalue weighted by molar-refractivity contribution is -0.138. The van der Waals surface area contributed by atoms with Crippen molar-refractivity contribution in [3.63, 3.8) is 0 Å². The van der Waals surface area contributed by atoms with Gasteiger partial charge in [0.2, 0.25) is 0 Å². The molecule has 0 saturated heterocycles. The summed E-state index contributed by atoms with van der Waals surface area (Å²) in [6, 6.07) is 3.53. The van der Waals surface area contributed by atoms with Crippen molar-refractivity contribution in [1.82, 2.24) is 0 Å². The van der Waals surface area contributed by atoms with E-state index in [0.29, 0.717) is 6.07 Å². The standard InChI is InChI=1S/C17H16F5NO3/c1-16(2,3)15(25)11(7-23)14(24)10-5-4-9(26-8-13(18)19)6-12(10)17(20,21)22/h4-6,13,24H,8H2,1-3H3. The normalized spacial score (nSPS) is 13.2. The molecule has 0 atom stereocenters. The molecular weight excluding hydrogens is 361 g/mol. The number of allylic oxidation sites excluding steroid dienone is 1. The number of hydrogen-bond acceptors (Lipinski definition) is 4. The first-order valence-corrected chi connectivity index (χ1v) is 7.29. The van der Waals surface area contributed by atoms with E-state index in [1.807, 2.05) is 0 Å². The largest absolute Gasteiger partial charge is 0.506 e. The van der Waals surface area contributed by atoms with Crippen molar-refractivity contribution in [2.24, 2.45) is 5.41 Å². The van der Waals surface area contributed by atoms with E-state index in [2.05, 4.69) is 4.74 Å². The molecule has 0 radical (unpaired) electrons. The second-order valence-electron chi connectivity index (χ2n) is 6.32. The molecule has 0 aliphatic rings. The molecule has 4 nitrogen and oxygen atoms in total. The van der Waals surface area contributed by atoms with Gasteiger partial charge in [-0.3, -0.25) is 4.79 Å². The van der Waals surface area contributed by atoms with E-state index in [1.54, 1.807) is 0 Å². The van der Waals surface area contributed by atoms with Gasteiger partial charge in [0, 0.05) is 11.0 Å². The summed E-state index contributed by atoms with van der Waals surface area (Å²) in [7, 11) is 0. The van der Waals surface area contributed by atoms with Gasteiger partial charge in [0.05, 0.1) is 5.56 Å². The van der Waals surface area contributed by atoms with Crippen molar-refractivity contribution in [3.05, 3.63) is 34.9 Å². The molecule has 1 rings (SSSR count). The number of carbonyl (C=O) groups excluding carboxylic acids is 1. The number of nitriles is 1. The highest BCUT2D eigenvalue weighted by Gasteiger charge is 2.37. The maximum Gasteiger partial charge on any atom is 0.417 e. The highest BCUT2D eigenvalue weighted by Crippen LogP contribution is 2.38. The molecule has 9 heteroatoms. The molecule has 26 heavy (non-hydrogen) atoms. The second-order valence-corrected chi connectivity index (χ2v) is 6.32. The highest BCUT2D eigenvalue weighted by molar-refractivity contribution is 6.07. The van der Waals surface area contributed by atoms with Gasteiger partial charge >= 0.3 is 6.18 Å². The summed E-state index contributed by atoms with van der Waals surface area (Å²) in [6.45, 7) is 3.20. The zero-order chi connectivity index (χ0) is 20.3. The van der Waals surface area contributed by atoms with Crippen molar-refractivity contribution in [3.8, 4) is 11.8 Å². The third-order valence-corrected chi connectivity index (χ3v) is 3.18. The predicted octanol–water partition coefficient (Wildman–Crippen LogP) is 4.76. The monoisotopic (exact) mass is 377 g/mol. The van der Waals surface area contributed by atoms with Gasteiger partial charge in [-0.15, -0.1) is 0 Å². The van der Waals surface area contributed by atoms with Crippen molar-refractivity contribution in [1.29, 1.82) is 5.26 Å². The molecule has 0 amide bonds. The Kier molecular flexibility index (Phi) is 6.36. The Bertz CT molecular complexity index is 755. The summed E-state index contributed by atoms with van der Waals surface area (Å²) in [5.41, 5.74) is -4.19. The Morgan fingerprint density at radius 3 is 2.27 bits per heavy atom. The molecule has 0 aliphatic heterocycles. The third-order valence-electron chi connectivity index (χ3n) is 3.18. The summed E-state index contributed by atoms with van der Waals surface area (Å²) in [5.74, 6) is -2.47. The molecule has 1 aromatic carbocycles. The molecule has 0 spiro atoms. The lowest BCUT2D eigenvalue weighted by atomic mass is 9.85. The van der Waals surface area contributed by atoms with E-state index in [0.717, 1.165) is 12.1 Å². The van der Waals surface area contributed by atoms with Gasteiger partial charge in [-0.05, 0) is 18.2 Å². The van der Waals surface area contributed by atoms with E-state index in [9.17, 15) is 31.9 Å². The summed E-state index contributed by atoms with van der Waals surface area (Å²) >= 11 is 0. The first kappa shape index (κ1) is 21.4. The van der Waals surface area contributed by atoms with E-state index >= 15 is 0 Å². The highest BCUT2D eigenvalue weighted by atomic mass is 19.4. The predicted molar refractivity (Wildman–Crippen MR) is 82.6 cm³/mol. The summed E-state index contributed by atoms with van der Waals surface area (Å²) in [5, 5.41) is 19.2. The number of carbonyl (C=O) groups is 1. The van der Waals surface area contributed by atoms with Gasteiger partial charge < -0.3 is 9.84 Å². The Balaban J connectivity index is 3.53. The Morgan fingerprint density at radius 1 is 1.27 bits per heavy atom. The topological polar surface area (TPSA) is 70.3 Å². The van der Waals surface area contributed by atoms with Crippen LogP contribution < -0.4 is 4.74 Å². The van der Waals surface area contributed by atoms with Gasteiger partial charge in [-0.2, -0.15) is 18.4 Å². The molecule has 0 heterocycles. The number of Topliss-reactive ketones (excluding diaryl/α,β-unsaturated/α-hetero) is 1. The van der Waals surface area contributed by atoms with Crippen LogP contribution >= 0.6 is 0 Å². The number of nitrogens with zero attached hydrogens (tertiary/aromatic N) is 1. The lowest BCUT2D eigenvalue weighted by Crippen LogP contribution is -2.23. The van der Waals surface area contributed by atoms with Crippen molar-refractivity contribution < 1.29 is 36.6 Å². The number of aliphatic hydroxyl groups is 1. The zero-order valence-corrected chi connectivity index (χ0v) is 14.1. The van der Waals surface area contributed by atoms with Crippen LogP contribution in [0.5, 0.6) is 5.75 Å². The zero-order valence-electron chi connectivity index (χ0n) is 14.1. The minimum atomic E-state index is -4.99. The molecule has 0 aliphatic carbocycles. The molecule has 0 fully saturated rings. The Morgan fingerprint density at radius 2 is 1.85 bits per heavy atom. The average molecular weight is 377 g/mol. The lowest BCUT2D eigenvalue weighted by Gasteiger charge is -2.18. The van der Waals surface area contributed by atoms with Crippen molar-refractivity contribution >= 4 is 11.5 Å². The molecule has 1 aromatic rings.